The van der Waals surface area contributed by atoms with Crippen LogP contribution in [0.15, 0.2) is 48.8 Å². The molecule has 230 valence electrons. The molecule has 2 aliphatic heterocycles. The molecule has 4 atom stereocenters. The second kappa shape index (κ2) is 11.7. The Balaban J connectivity index is 1.65. The van der Waals surface area contributed by atoms with Crippen molar-refractivity contribution < 1.29 is 31.2 Å². The normalized spacial score (nSPS) is 21.3. The standard InChI is InChI=1S/C30H37FN6O5S/c1-19(2)25(34-43(41,42)36-14-12-20(31)13-15-36)27(39)35(7)23(16-29(3,4)5)26(38)37-18-30(17-24(37)32-6)21-10-8-9-11-22(21)33-28(30)40/h8-15,19,23-25,34H,16-18H2,1-5,7H3/p+1/t23-,24-,25-,30-/m0/s1. The van der Waals surface area contributed by atoms with Crippen LogP contribution in [-0.4, -0.2) is 67.8 Å². The fraction of sp³-hybridized carbons (Fsp3) is 0.500. The minimum absolute atomic E-state index is 0.0220. The van der Waals surface area contributed by atoms with Gasteiger partial charge in [0, 0.05) is 31.4 Å². The molecule has 1 saturated heterocycles. The second-order valence-corrected chi connectivity index (χ2v) is 14.4. The third-order valence-electron chi connectivity index (χ3n) is 8.04. The molecule has 1 aromatic carbocycles. The van der Waals surface area contributed by atoms with Crippen LogP contribution in [0.2, 0.25) is 0 Å². The number of fused-ring (bicyclic) bond motifs is 2. The summed E-state index contributed by atoms with van der Waals surface area (Å²) < 4.78 is 42.8. The first-order valence-corrected chi connectivity index (χ1v) is 15.5. The first kappa shape index (κ1) is 32.0. The molecule has 2 N–H and O–H groups in total. The minimum atomic E-state index is -4.29. The summed E-state index contributed by atoms with van der Waals surface area (Å²) in [6.07, 6.45) is 1.47. The van der Waals surface area contributed by atoms with E-state index in [0.29, 0.717) is 5.69 Å². The minimum Gasteiger partial charge on any atom is -0.332 e. The predicted molar refractivity (Wildman–Crippen MR) is 157 cm³/mol. The van der Waals surface area contributed by atoms with Gasteiger partial charge in [0.2, 0.25) is 11.8 Å². The maximum atomic E-state index is 14.3. The lowest BCUT2D eigenvalue weighted by molar-refractivity contribution is -0.513. The highest BCUT2D eigenvalue weighted by molar-refractivity contribution is 7.82. The van der Waals surface area contributed by atoms with Crippen molar-refractivity contribution in [3.63, 3.8) is 0 Å². The van der Waals surface area contributed by atoms with Gasteiger partial charge in [0.15, 0.2) is 12.4 Å². The topological polar surface area (TPSA) is 124 Å². The van der Waals surface area contributed by atoms with Crippen molar-refractivity contribution >= 4 is 33.6 Å². The Morgan fingerprint density at radius 1 is 1.23 bits per heavy atom. The van der Waals surface area contributed by atoms with Crippen LogP contribution in [0.4, 0.5) is 10.1 Å². The third-order valence-corrected chi connectivity index (χ3v) is 9.39. The number of para-hydroxylation sites is 1. The zero-order chi connectivity index (χ0) is 31.9. The summed E-state index contributed by atoms with van der Waals surface area (Å²) in [6.45, 7) is 16.9. The molecule has 13 heteroatoms. The lowest BCUT2D eigenvalue weighted by Crippen LogP contribution is -2.61. The molecule has 0 saturated carbocycles. The third kappa shape index (κ3) is 6.26. The largest absolute Gasteiger partial charge is 0.445 e. The molecule has 1 aromatic heterocycles. The van der Waals surface area contributed by atoms with Gasteiger partial charge in [0.25, 0.3) is 5.91 Å². The van der Waals surface area contributed by atoms with Crippen molar-refractivity contribution in [2.24, 2.45) is 11.3 Å². The quantitative estimate of drug-likeness (QED) is 0.350. The first-order chi connectivity index (χ1) is 20.0. The number of amides is 3. The summed E-state index contributed by atoms with van der Waals surface area (Å²) in [5.41, 5.74) is -0.143. The molecule has 3 amide bonds. The molecule has 0 radical (unpaired) electrons. The maximum absolute atomic E-state index is 14.3. The van der Waals surface area contributed by atoms with Crippen LogP contribution >= 0.6 is 0 Å². The van der Waals surface area contributed by atoms with E-state index in [1.165, 1.54) is 16.8 Å². The van der Waals surface area contributed by atoms with Crippen LogP contribution in [0.5, 0.6) is 0 Å². The molecular formula is C30H38FN6O5S+. The predicted octanol–water partition coefficient (Wildman–Crippen LogP) is 2.45. The summed E-state index contributed by atoms with van der Waals surface area (Å²) in [7, 11) is -2.84. The number of halogens is 1. The van der Waals surface area contributed by atoms with Crippen LogP contribution in [0.3, 0.4) is 0 Å². The van der Waals surface area contributed by atoms with Crippen molar-refractivity contribution in [2.75, 3.05) is 18.9 Å². The molecular weight excluding hydrogens is 575 g/mol. The number of nitrogens with one attached hydrogen (secondary N) is 2. The Hall–Kier alpha value is -3.89. The Kier molecular flexibility index (Phi) is 8.68. The smallest absolute Gasteiger partial charge is 0.332 e. The Labute approximate surface area is 252 Å². The molecule has 2 aromatic rings. The van der Waals surface area contributed by atoms with Crippen LogP contribution in [-0.2, 0) is 30.0 Å². The second-order valence-electron chi connectivity index (χ2n) is 12.8. The zero-order valence-corrected chi connectivity index (χ0v) is 26.0. The van der Waals surface area contributed by atoms with E-state index in [4.69, 9.17) is 6.57 Å². The number of pyridine rings is 1. The SMILES string of the molecule is [C-]#[N+][C@@H]1C[C@@]2(CN1C(=O)[C@H](CC(C)(C)C)N(C)C(=O)[C@@H](NS(=O)(=O)[n+]1ccc(F)cc1)C(C)C)C(=O)Nc1ccccc12. The number of hydrogen-bond acceptors (Lipinski definition) is 5. The lowest BCUT2D eigenvalue weighted by atomic mass is 9.80. The van der Waals surface area contributed by atoms with Crippen molar-refractivity contribution in [1.82, 2.24) is 14.5 Å². The van der Waals surface area contributed by atoms with Crippen molar-refractivity contribution in [3.8, 4) is 0 Å². The number of carbonyl (C=O) groups is 3. The highest BCUT2D eigenvalue weighted by Gasteiger charge is 2.59. The van der Waals surface area contributed by atoms with Crippen LogP contribution < -0.4 is 14.0 Å². The Morgan fingerprint density at radius 3 is 2.44 bits per heavy atom. The Bertz CT molecular complexity index is 1570. The van der Waals surface area contributed by atoms with Crippen molar-refractivity contribution in [1.29, 1.82) is 0 Å². The van der Waals surface area contributed by atoms with Gasteiger partial charge in [-0.1, -0.05) is 56.8 Å². The van der Waals surface area contributed by atoms with Crippen LogP contribution in [0, 0.1) is 23.7 Å². The molecule has 2 aliphatic rings. The molecule has 3 heterocycles. The number of anilines is 1. The average molecular weight is 614 g/mol. The molecule has 0 unspecified atom stereocenters. The summed E-state index contributed by atoms with van der Waals surface area (Å²) in [5.74, 6) is -2.53. The maximum Gasteiger partial charge on any atom is 0.445 e. The number of likely N-dealkylation sites (tertiary alicyclic amines) is 1. The lowest BCUT2D eigenvalue weighted by Gasteiger charge is -2.36. The van der Waals surface area contributed by atoms with Gasteiger partial charge in [0.1, 0.15) is 23.3 Å². The Morgan fingerprint density at radius 2 is 1.86 bits per heavy atom. The molecule has 11 nitrogen and oxygen atoms in total. The number of likely N-dealkylation sites (N-methyl/N-ethyl adjacent to an activating group) is 1. The van der Waals surface area contributed by atoms with Crippen LogP contribution in [0.25, 0.3) is 4.85 Å². The fourth-order valence-corrected chi connectivity index (χ4v) is 7.00. The molecule has 0 bridgehead atoms. The highest BCUT2D eigenvalue weighted by Crippen LogP contribution is 2.47. The number of rotatable bonds is 8. The molecule has 43 heavy (non-hydrogen) atoms. The van der Waals surface area contributed by atoms with Gasteiger partial charge in [-0.15, -0.1) is 13.1 Å². The van der Waals surface area contributed by atoms with Crippen LogP contribution in [0.1, 0.15) is 53.0 Å². The van der Waals surface area contributed by atoms with E-state index in [1.54, 1.807) is 26.0 Å². The van der Waals surface area contributed by atoms with E-state index in [-0.39, 0.29) is 25.3 Å². The van der Waals surface area contributed by atoms with Gasteiger partial charge in [-0.3, -0.25) is 24.1 Å². The number of benzene rings is 1. The molecule has 1 fully saturated rings. The van der Waals surface area contributed by atoms with Crippen molar-refractivity contribution in [2.45, 2.75) is 71.1 Å². The van der Waals surface area contributed by atoms with Crippen molar-refractivity contribution in [3.05, 3.63) is 71.6 Å². The van der Waals surface area contributed by atoms with E-state index >= 15 is 0 Å². The first-order valence-electron chi connectivity index (χ1n) is 14.0. The zero-order valence-electron chi connectivity index (χ0n) is 25.2. The van der Waals surface area contributed by atoms with E-state index < -0.39 is 62.8 Å². The summed E-state index contributed by atoms with van der Waals surface area (Å²) in [6, 6.07) is 6.88. The molecule has 4 rings (SSSR count). The van der Waals surface area contributed by atoms with Gasteiger partial charge >= 0.3 is 16.4 Å². The average Bonchev–Trinajstić information content (AvgIpc) is 3.46. The van der Waals surface area contributed by atoms with Gasteiger partial charge in [-0.25, -0.2) is 11.0 Å². The summed E-state index contributed by atoms with van der Waals surface area (Å²) in [5, 5.41) is 2.88. The fourth-order valence-electron chi connectivity index (χ4n) is 5.74. The van der Waals surface area contributed by atoms with E-state index in [1.807, 2.05) is 32.9 Å². The monoisotopic (exact) mass is 613 g/mol. The summed E-state index contributed by atoms with van der Waals surface area (Å²) in [4.78, 5) is 47.8. The van der Waals surface area contributed by atoms with Gasteiger partial charge < -0.3 is 10.2 Å². The number of carbonyl (C=O) groups excluding carboxylic acids is 3. The van der Waals surface area contributed by atoms with E-state index in [0.717, 1.165) is 34.1 Å². The molecule has 1 spiro atoms. The van der Waals surface area contributed by atoms with E-state index in [9.17, 15) is 27.2 Å². The van der Waals surface area contributed by atoms with Gasteiger partial charge in [0.05, 0.1) is 6.42 Å². The highest BCUT2D eigenvalue weighted by atomic mass is 32.2. The summed E-state index contributed by atoms with van der Waals surface area (Å²) >= 11 is 0. The molecule has 0 aliphatic carbocycles. The van der Waals surface area contributed by atoms with Gasteiger partial charge in [-0.05, 0) is 29.4 Å². The van der Waals surface area contributed by atoms with Gasteiger partial charge in [-0.2, -0.15) is 0 Å². The number of hydrogen-bond donors (Lipinski definition) is 2. The number of nitrogens with zero attached hydrogens (tertiary/aromatic N) is 4. The van der Waals surface area contributed by atoms with E-state index in [2.05, 4.69) is 14.9 Å². The number of aromatic nitrogens is 1.